The van der Waals surface area contributed by atoms with Crippen molar-refractivity contribution in [2.24, 2.45) is 0 Å². The Morgan fingerprint density at radius 1 is 1.13 bits per heavy atom. The summed E-state index contributed by atoms with van der Waals surface area (Å²) in [6.07, 6.45) is 0. The standard InChI is InChI=1S/C20H20ClN5O4/c1-11-6-4-5-7-14(11)23-20-25-16(24-19(22)26-20)10-30-18(27)12-8-13(21)17(29-3)15(9-12)28-2/h4-9H,10H2,1-3H3,(H3,22,23,24,25,26). The predicted molar refractivity (Wildman–Crippen MR) is 112 cm³/mol. The Morgan fingerprint density at radius 2 is 1.90 bits per heavy atom. The summed E-state index contributed by atoms with van der Waals surface area (Å²) in [6, 6.07) is 10.5. The predicted octanol–water partition coefficient (Wildman–Crippen LogP) is 3.53. The Labute approximate surface area is 178 Å². The maximum Gasteiger partial charge on any atom is 0.338 e. The number of carbonyl (C=O) groups is 1. The number of nitrogens with one attached hydrogen (secondary N) is 1. The second-order valence-electron chi connectivity index (χ2n) is 6.14. The molecule has 2 aromatic carbocycles. The molecule has 0 aliphatic carbocycles. The second-order valence-corrected chi connectivity index (χ2v) is 6.55. The van der Waals surface area contributed by atoms with Crippen LogP contribution in [0.25, 0.3) is 0 Å². The number of halogens is 1. The van der Waals surface area contributed by atoms with Gasteiger partial charge in [-0.25, -0.2) is 4.79 Å². The highest BCUT2D eigenvalue weighted by atomic mass is 35.5. The number of aryl methyl sites for hydroxylation is 1. The molecule has 0 aliphatic rings. The summed E-state index contributed by atoms with van der Waals surface area (Å²) in [5, 5.41) is 3.30. The van der Waals surface area contributed by atoms with Crippen molar-refractivity contribution in [1.82, 2.24) is 15.0 Å². The number of nitrogen functional groups attached to an aromatic ring is 1. The van der Waals surface area contributed by atoms with Gasteiger partial charge in [-0.1, -0.05) is 29.8 Å². The molecule has 10 heteroatoms. The average molecular weight is 430 g/mol. The first-order valence-corrected chi connectivity index (χ1v) is 9.20. The number of esters is 1. The first kappa shape index (κ1) is 21.1. The molecule has 1 aromatic heterocycles. The van der Waals surface area contributed by atoms with Gasteiger partial charge in [-0.2, -0.15) is 15.0 Å². The van der Waals surface area contributed by atoms with E-state index in [1.807, 2.05) is 31.2 Å². The number of methoxy groups -OCH3 is 2. The van der Waals surface area contributed by atoms with Crippen molar-refractivity contribution in [2.45, 2.75) is 13.5 Å². The van der Waals surface area contributed by atoms with Crippen molar-refractivity contribution in [1.29, 1.82) is 0 Å². The molecule has 0 saturated carbocycles. The largest absolute Gasteiger partial charge is 0.493 e. The lowest BCUT2D eigenvalue weighted by molar-refractivity contribution is 0.0461. The highest BCUT2D eigenvalue weighted by molar-refractivity contribution is 6.32. The first-order valence-electron chi connectivity index (χ1n) is 8.83. The lowest BCUT2D eigenvalue weighted by Gasteiger charge is -2.12. The van der Waals surface area contributed by atoms with Crippen LogP contribution in [0.1, 0.15) is 21.7 Å². The third kappa shape index (κ3) is 4.87. The van der Waals surface area contributed by atoms with E-state index in [-0.39, 0.29) is 34.9 Å². The van der Waals surface area contributed by atoms with Gasteiger partial charge in [-0.3, -0.25) is 0 Å². The Bertz CT molecular complexity index is 1080. The van der Waals surface area contributed by atoms with Crippen LogP contribution in [0.3, 0.4) is 0 Å². The third-order valence-corrected chi connectivity index (χ3v) is 4.37. The van der Waals surface area contributed by atoms with E-state index in [0.717, 1.165) is 11.3 Å². The summed E-state index contributed by atoms with van der Waals surface area (Å²) in [6.45, 7) is 1.74. The lowest BCUT2D eigenvalue weighted by Crippen LogP contribution is -2.11. The number of nitrogens with zero attached hydrogens (tertiary/aromatic N) is 3. The Balaban J connectivity index is 1.74. The van der Waals surface area contributed by atoms with Crippen molar-refractivity contribution in [3.63, 3.8) is 0 Å². The van der Waals surface area contributed by atoms with Crippen LogP contribution in [0.2, 0.25) is 5.02 Å². The normalized spacial score (nSPS) is 10.4. The van der Waals surface area contributed by atoms with E-state index in [1.165, 1.54) is 26.4 Å². The molecule has 0 bridgehead atoms. The number of anilines is 3. The van der Waals surface area contributed by atoms with Crippen molar-refractivity contribution in [3.8, 4) is 11.5 Å². The lowest BCUT2D eigenvalue weighted by atomic mass is 10.2. The molecule has 0 aliphatic heterocycles. The summed E-state index contributed by atoms with van der Waals surface area (Å²) in [5.41, 5.74) is 7.79. The van der Waals surface area contributed by atoms with Crippen molar-refractivity contribution < 1.29 is 19.0 Å². The van der Waals surface area contributed by atoms with Crippen LogP contribution >= 0.6 is 11.6 Å². The topological polar surface area (TPSA) is 121 Å². The minimum absolute atomic E-state index is 0.00120. The van der Waals surface area contributed by atoms with E-state index in [4.69, 9.17) is 31.5 Å². The van der Waals surface area contributed by atoms with Gasteiger partial charge in [0.25, 0.3) is 0 Å². The van der Waals surface area contributed by atoms with E-state index in [1.54, 1.807) is 0 Å². The molecule has 0 fully saturated rings. The Kier molecular flexibility index (Phi) is 6.53. The number of nitrogens with two attached hydrogens (primary N) is 1. The maximum absolute atomic E-state index is 12.4. The summed E-state index contributed by atoms with van der Waals surface area (Å²) in [7, 11) is 2.90. The third-order valence-electron chi connectivity index (χ3n) is 4.09. The number of aromatic nitrogens is 3. The fourth-order valence-electron chi connectivity index (χ4n) is 2.64. The van der Waals surface area contributed by atoms with Crippen LogP contribution in [0, 0.1) is 6.92 Å². The van der Waals surface area contributed by atoms with Gasteiger partial charge >= 0.3 is 5.97 Å². The van der Waals surface area contributed by atoms with Crippen LogP contribution in [-0.2, 0) is 11.3 Å². The Morgan fingerprint density at radius 3 is 2.60 bits per heavy atom. The van der Waals surface area contributed by atoms with Gasteiger partial charge in [0.2, 0.25) is 11.9 Å². The number of hydrogen-bond donors (Lipinski definition) is 2. The molecule has 3 aromatic rings. The van der Waals surface area contributed by atoms with Gasteiger partial charge in [-0.05, 0) is 30.7 Å². The zero-order valence-electron chi connectivity index (χ0n) is 16.6. The molecular formula is C20H20ClN5O4. The van der Waals surface area contributed by atoms with Crippen LogP contribution in [0.5, 0.6) is 11.5 Å². The minimum Gasteiger partial charge on any atom is -0.493 e. The molecule has 3 N–H and O–H groups in total. The quantitative estimate of drug-likeness (QED) is 0.543. The van der Waals surface area contributed by atoms with Crippen molar-refractivity contribution >= 4 is 35.2 Å². The summed E-state index contributed by atoms with van der Waals surface area (Å²) in [4.78, 5) is 24.8. The number of para-hydroxylation sites is 1. The highest BCUT2D eigenvalue weighted by Crippen LogP contribution is 2.36. The number of hydrogen-bond acceptors (Lipinski definition) is 9. The zero-order chi connectivity index (χ0) is 21.7. The zero-order valence-corrected chi connectivity index (χ0v) is 17.4. The van der Waals surface area contributed by atoms with Crippen molar-refractivity contribution in [3.05, 3.63) is 58.4 Å². The van der Waals surface area contributed by atoms with Gasteiger partial charge in [0, 0.05) is 5.69 Å². The van der Waals surface area contributed by atoms with Gasteiger partial charge < -0.3 is 25.3 Å². The van der Waals surface area contributed by atoms with Gasteiger partial charge in [0.05, 0.1) is 24.8 Å². The molecule has 30 heavy (non-hydrogen) atoms. The van der Waals surface area contributed by atoms with E-state index >= 15 is 0 Å². The molecule has 156 valence electrons. The molecule has 9 nitrogen and oxygen atoms in total. The molecule has 1 heterocycles. The van der Waals surface area contributed by atoms with E-state index in [9.17, 15) is 4.79 Å². The fourth-order valence-corrected chi connectivity index (χ4v) is 2.93. The van der Waals surface area contributed by atoms with Gasteiger partial charge in [0.15, 0.2) is 23.9 Å². The van der Waals surface area contributed by atoms with E-state index in [0.29, 0.717) is 11.5 Å². The van der Waals surface area contributed by atoms with Crippen LogP contribution < -0.4 is 20.5 Å². The molecule has 0 spiro atoms. The highest BCUT2D eigenvalue weighted by Gasteiger charge is 2.17. The van der Waals surface area contributed by atoms with Crippen LogP contribution in [0.4, 0.5) is 17.6 Å². The number of benzene rings is 2. The van der Waals surface area contributed by atoms with Crippen molar-refractivity contribution in [2.75, 3.05) is 25.3 Å². The Hall–Kier alpha value is -3.59. The maximum atomic E-state index is 12.4. The minimum atomic E-state index is -0.634. The summed E-state index contributed by atoms with van der Waals surface area (Å²) in [5.74, 6) is 0.445. The summed E-state index contributed by atoms with van der Waals surface area (Å²) >= 11 is 6.14. The molecular weight excluding hydrogens is 410 g/mol. The smallest absolute Gasteiger partial charge is 0.338 e. The average Bonchev–Trinajstić information content (AvgIpc) is 2.72. The van der Waals surface area contributed by atoms with Crippen LogP contribution in [-0.4, -0.2) is 35.1 Å². The first-order chi connectivity index (χ1) is 14.4. The number of ether oxygens (including phenoxy) is 3. The SMILES string of the molecule is COc1cc(C(=O)OCc2nc(N)nc(Nc3ccccc3C)n2)cc(Cl)c1OC. The molecule has 0 amide bonds. The second kappa shape index (κ2) is 9.27. The molecule has 3 rings (SSSR count). The number of rotatable bonds is 7. The number of carbonyl (C=O) groups excluding carboxylic acids is 1. The van der Waals surface area contributed by atoms with E-state index in [2.05, 4.69) is 20.3 Å². The molecule has 0 atom stereocenters. The molecule has 0 radical (unpaired) electrons. The molecule has 0 saturated heterocycles. The molecule has 0 unspecified atom stereocenters. The monoisotopic (exact) mass is 429 g/mol. The van der Waals surface area contributed by atoms with Gasteiger partial charge in [0.1, 0.15) is 0 Å². The fraction of sp³-hybridized carbons (Fsp3) is 0.200. The van der Waals surface area contributed by atoms with E-state index < -0.39 is 5.97 Å². The van der Waals surface area contributed by atoms with Gasteiger partial charge in [-0.15, -0.1) is 0 Å². The van der Waals surface area contributed by atoms with Crippen LogP contribution in [0.15, 0.2) is 36.4 Å². The summed E-state index contributed by atoms with van der Waals surface area (Å²) < 4.78 is 15.6.